The molecular formula is C13H11ClN4O. The quantitative estimate of drug-likeness (QED) is 0.674. The molecule has 2 heterocycles. The Balaban J connectivity index is 2.25. The van der Waals surface area contributed by atoms with E-state index in [2.05, 4.69) is 15.0 Å². The second kappa shape index (κ2) is 4.51. The fraction of sp³-hybridized carbons (Fsp3) is 0.154. The molecule has 0 aliphatic heterocycles. The van der Waals surface area contributed by atoms with Crippen LogP contribution >= 0.6 is 11.6 Å². The van der Waals surface area contributed by atoms with Crippen molar-refractivity contribution in [2.75, 3.05) is 7.11 Å². The largest absolute Gasteiger partial charge is 0.497 e. The van der Waals surface area contributed by atoms with E-state index in [-0.39, 0.29) is 0 Å². The Labute approximate surface area is 114 Å². The average molecular weight is 275 g/mol. The monoisotopic (exact) mass is 274 g/mol. The van der Waals surface area contributed by atoms with Gasteiger partial charge in [0.25, 0.3) is 0 Å². The van der Waals surface area contributed by atoms with Gasteiger partial charge in [-0.15, -0.1) is 0 Å². The molecule has 0 aliphatic rings. The Hall–Kier alpha value is -2.14. The number of benzene rings is 1. The van der Waals surface area contributed by atoms with Gasteiger partial charge in [0.1, 0.15) is 23.4 Å². The number of halogens is 1. The van der Waals surface area contributed by atoms with Gasteiger partial charge in [0.15, 0.2) is 10.8 Å². The van der Waals surface area contributed by atoms with Crippen molar-refractivity contribution in [1.29, 1.82) is 0 Å². The lowest BCUT2D eigenvalue weighted by Crippen LogP contribution is -1.96. The molecule has 96 valence electrons. The number of hydrogen-bond acceptors (Lipinski definition) is 4. The number of hydrogen-bond donors (Lipinski definition) is 0. The molecule has 0 saturated carbocycles. The normalized spacial score (nSPS) is 10.9. The molecule has 0 saturated heterocycles. The molecule has 5 nitrogen and oxygen atoms in total. The fourth-order valence-electron chi connectivity index (χ4n) is 1.94. The van der Waals surface area contributed by atoms with Crippen molar-refractivity contribution in [3.63, 3.8) is 0 Å². The van der Waals surface area contributed by atoms with Crippen LogP contribution < -0.4 is 4.74 Å². The van der Waals surface area contributed by atoms with Gasteiger partial charge in [-0.1, -0.05) is 17.7 Å². The zero-order valence-corrected chi connectivity index (χ0v) is 11.2. The number of methoxy groups -OCH3 is 1. The fourth-order valence-corrected chi connectivity index (χ4v) is 2.24. The zero-order chi connectivity index (χ0) is 13.4. The highest BCUT2D eigenvalue weighted by atomic mass is 35.5. The van der Waals surface area contributed by atoms with E-state index in [1.165, 1.54) is 0 Å². The van der Waals surface area contributed by atoms with E-state index < -0.39 is 0 Å². The first kappa shape index (κ1) is 11.9. The molecule has 6 heteroatoms. The summed E-state index contributed by atoms with van der Waals surface area (Å²) >= 11 is 6.19. The van der Waals surface area contributed by atoms with Crippen molar-refractivity contribution in [2.24, 2.45) is 0 Å². The number of ether oxygens (including phenoxy) is 1. The van der Waals surface area contributed by atoms with Crippen molar-refractivity contribution < 1.29 is 4.74 Å². The van der Waals surface area contributed by atoms with E-state index in [0.29, 0.717) is 22.1 Å². The summed E-state index contributed by atoms with van der Waals surface area (Å²) in [5, 5.41) is 0.391. The topological polar surface area (TPSA) is 52.8 Å². The van der Waals surface area contributed by atoms with Gasteiger partial charge in [-0.05, 0) is 19.1 Å². The van der Waals surface area contributed by atoms with Gasteiger partial charge in [-0.25, -0.2) is 15.0 Å². The molecule has 3 aromatic rings. The zero-order valence-electron chi connectivity index (χ0n) is 10.5. The molecule has 19 heavy (non-hydrogen) atoms. The molecule has 0 atom stereocenters. The maximum absolute atomic E-state index is 6.19. The van der Waals surface area contributed by atoms with Crippen LogP contribution in [0.15, 0.2) is 30.6 Å². The van der Waals surface area contributed by atoms with Crippen LogP contribution in [-0.2, 0) is 0 Å². The lowest BCUT2D eigenvalue weighted by atomic mass is 10.3. The lowest BCUT2D eigenvalue weighted by molar-refractivity contribution is 0.414. The van der Waals surface area contributed by atoms with Crippen LogP contribution in [0.4, 0.5) is 0 Å². The highest BCUT2D eigenvalue weighted by molar-refractivity contribution is 6.33. The predicted octanol–water partition coefficient (Wildman–Crippen LogP) is 2.79. The summed E-state index contributed by atoms with van der Waals surface area (Å²) in [6, 6.07) is 7.63. The van der Waals surface area contributed by atoms with Gasteiger partial charge < -0.3 is 4.74 Å². The van der Waals surface area contributed by atoms with Gasteiger partial charge in [-0.2, -0.15) is 0 Å². The molecule has 0 unspecified atom stereocenters. The second-order valence-corrected chi connectivity index (χ2v) is 4.41. The van der Waals surface area contributed by atoms with Gasteiger partial charge >= 0.3 is 0 Å². The minimum Gasteiger partial charge on any atom is -0.497 e. The maximum Gasteiger partial charge on any atom is 0.182 e. The molecule has 2 aromatic heterocycles. The van der Waals surface area contributed by atoms with Crippen LogP contribution in [0.25, 0.3) is 16.9 Å². The molecule has 0 N–H and O–H groups in total. The number of aryl methyl sites for hydroxylation is 1. The summed E-state index contributed by atoms with van der Waals surface area (Å²) in [6.45, 7) is 1.79. The third-order valence-electron chi connectivity index (χ3n) is 2.80. The lowest BCUT2D eigenvalue weighted by Gasteiger charge is -2.07. The standard InChI is InChI=1S/C13H11ClN4O/c1-8-16-12(14)11-13(17-8)15-7-18(11)9-4-3-5-10(6-9)19-2/h3-7H,1-2H3. The summed E-state index contributed by atoms with van der Waals surface area (Å²) in [5.74, 6) is 1.37. The number of aromatic nitrogens is 4. The molecular weight excluding hydrogens is 264 g/mol. The molecule has 0 aliphatic carbocycles. The predicted molar refractivity (Wildman–Crippen MR) is 73.0 cm³/mol. The van der Waals surface area contributed by atoms with Crippen molar-refractivity contribution in [1.82, 2.24) is 19.5 Å². The van der Waals surface area contributed by atoms with E-state index in [1.54, 1.807) is 20.4 Å². The van der Waals surface area contributed by atoms with E-state index in [1.807, 2.05) is 28.8 Å². The van der Waals surface area contributed by atoms with Crippen molar-refractivity contribution in [3.8, 4) is 11.4 Å². The van der Waals surface area contributed by atoms with Crippen LogP contribution in [0, 0.1) is 6.92 Å². The van der Waals surface area contributed by atoms with Gasteiger partial charge in [0, 0.05) is 6.07 Å². The Morgan fingerprint density at radius 1 is 1.26 bits per heavy atom. The average Bonchev–Trinajstić information content (AvgIpc) is 2.82. The van der Waals surface area contributed by atoms with E-state index >= 15 is 0 Å². The highest BCUT2D eigenvalue weighted by Crippen LogP contribution is 2.24. The van der Waals surface area contributed by atoms with Gasteiger partial charge in [0.2, 0.25) is 0 Å². The maximum atomic E-state index is 6.19. The van der Waals surface area contributed by atoms with Crippen LogP contribution in [0.2, 0.25) is 5.15 Å². The van der Waals surface area contributed by atoms with E-state index in [0.717, 1.165) is 11.4 Å². The Morgan fingerprint density at radius 3 is 2.89 bits per heavy atom. The Bertz CT molecular complexity index is 753. The number of imidazole rings is 1. The first-order valence-electron chi connectivity index (χ1n) is 5.70. The second-order valence-electron chi connectivity index (χ2n) is 4.05. The summed E-state index contributed by atoms with van der Waals surface area (Å²) in [7, 11) is 1.63. The molecule has 3 rings (SSSR count). The summed E-state index contributed by atoms with van der Waals surface area (Å²) in [4.78, 5) is 12.7. The minimum atomic E-state index is 0.391. The van der Waals surface area contributed by atoms with Crippen molar-refractivity contribution in [2.45, 2.75) is 6.92 Å². The number of fused-ring (bicyclic) bond motifs is 1. The molecule has 0 spiro atoms. The molecule has 0 fully saturated rings. The van der Waals surface area contributed by atoms with E-state index in [4.69, 9.17) is 16.3 Å². The molecule has 0 amide bonds. The van der Waals surface area contributed by atoms with Crippen molar-refractivity contribution >= 4 is 22.8 Å². The molecule has 1 aromatic carbocycles. The first-order chi connectivity index (χ1) is 9.19. The number of nitrogens with zero attached hydrogens (tertiary/aromatic N) is 4. The Morgan fingerprint density at radius 2 is 2.11 bits per heavy atom. The summed E-state index contributed by atoms with van der Waals surface area (Å²) in [6.07, 6.45) is 1.68. The van der Waals surface area contributed by atoms with Gasteiger partial charge in [-0.3, -0.25) is 4.57 Å². The first-order valence-corrected chi connectivity index (χ1v) is 6.08. The van der Waals surface area contributed by atoms with Crippen LogP contribution in [0.5, 0.6) is 5.75 Å². The third kappa shape index (κ3) is 2.02. The van der Waals surface area contributed by atoms with Crippen LogP contribution in [-0.4, -0.2) is 26.6 Å². The van der Waals surface area contributed by atoms with Crippen molar-refractivity contribution in [3.05, 3.63) is 41.6 Å². The smallest absolute Gasteiger partial charge is 0.182 e. The third-order valence-corrected chi connectivity index (χ3v) is 3.07. The van der Waals surface area contributed by atoms with Crippen LogP contribution in [0.3, 0.4) is 0 Å². The molecule has 0 radical (unpaired) electrons. The Kier molecular flexibility index (Phi) is 2.83. The van der Waals surface area contributed by atoms with E-state index in [9.17, 15) is 0 Å². The minimum absolute atomic E-state index is 0.391. The van der Waals surface area contributed by atoms with Crippen LogP contribution in [0.1, 0.15) is 5.82 Å². The highest BCUT2D eigenvalue weighted by Gasteiger charge is 2.12. The summed E-state index contributed by atoms with van der Waals surface area (Å²) < 4.78 is 7.06. The SMILES string of the molecule is COc1cccc(-n2cnc3nc(C)nc(Cl)c32)c1. The van der Waals surface area contributed by atoms with Gasteiger partial charge in [0.05, 0.1) is 12.8 Å². The summed E-state index contributed by atoms with van der Waals surface area (Å²) in [5.41, 5.74) is 2.18. The number of rotatable bonds is 2. The molecule has 0 bridgehead atoms.